The van der Waals surface area contributed by atoms with E-state index in [9.17, 15) is 4.79 Å². The molecule has 0 atom stereocenters. The van der Waals surface area contributed by atoms with Gasteiger partial charge in [-0.3, -0.25) is 4.79 Å². The number of hydrogen-bond acceptors (Lipinski definition) is 4. The number of carbonyl (C=O) groups is 1. The molecule has 3 rings (SSSR count). The fraction of sp³-hybridized carbons (Fsp3) is 0.474. The first kappa shape index (κ1) is 16.6. The van der Waals surface area contributed by atoms with Crippen molar-refractivity contribution in [2.24, 2.45) is 5.73 Å². The number of benzene rings is 1. The van der Waals surface area contributed by atoms with E-state index in [1.165, 1.54) is 19.3 Å². The third-order valence-corrected chi connectivity index (χ3v) is 4.29. The van der Waals surface area contributed by atoms with Crippen molar-refractivity contribution < 1.29 is 14.3 Å². The molecule has 128 valence electrons. The molecule has 1 fully saturated rings. The zero-order valence-corrected chi connectivity index (χ0v) is 14.2. The first-order valence-corrected chi connectivity index (χ1v) is 8.60. The number of fused-ring (bicyclic) bond motifs is 1. The highest BCUT2D eigenvalue weighted by molar-refractivity contribution is 6.01. The van der Waals surface area contributed by atoms with Crippen molar-refractivity contribution in [1.82, 2.24) is 4.98 Å². The summed E-state index contributed by atoms with van der Waals surface area (Å²) in [4.78, 5) is 16.1. The number of amides is 1. The van der Waals surface area contributed by atoms with Gasteiger partial charge < -0.3 is 15.2 Å². The molecular weight excluding hydrogens is 304 g/mol. The number of ether oxygens (including phenoxy) is 2. The summed E-state index contributed by atoms with van der Waals surface area (Å²) >= 11 is 0. The van der Waals surface area contributed by atoms with E-state index in [0.717, 1.165) is 23.6 Å². The summed E-state index contributed by atoms with van der Waals surface area (Å²) in [7, 11) is 0. The van der Waals surface area contributed by atoms with Crippen LogP contribution < -0.4 is 15.2 Å². The molecule has 2 N–H and O–H groups in total. The molecule has 2 aromatic rings. The first-order chi connectivity index (χ1) is 11.5. The molecule has 5 heteroatoms. The summed E-state index contributed by atoms with van der Waals surface area (Å²) in [5.41, 5.74) is 5.88. The van der Waals surface area contributed by atoms with Gasteiger partial charge in [-0.15, -0.1) is 0 Å². The number of primary amides is 1. The molecule has 1 heterocycles. The van der Waals surface area contributed by atoms with Crippen LogP contribution in [0.25, 0.3) is 10.8 Å². The Morgan fingerprint density at radius 3 is 2.67 bits per heavy atom. The monoisotopic (exact) mass is 328 g/mol. The zero-order valence-electron chi connectivity index (χ0n) is 14.2. The number of pyridine rings is 1. The van der Waals surface area contributed by atoms with E-state index in [0.29, 0.717) is 17.2 Å². The van der Waals surface area contributed by atoms with Crippen LogP contribution in [0, 0.1) is 0 Å². The normalized spacial score (nSPS) is 15.6. The van der Waals surface area contributed by atoms with Gasteiger partial charge in [-0.2, -0.15) is 0 Å². The number of hydrogen-bond donors (Lipinski definition) is 1. The lowest BCUT2D eigenvalue weighted by atomic mass is 9.98. The smallest absolute Gasteiger partial charge is 0.252 e. The van der Waals surface area contributed by atoms with Crippen molar-refractivity contribution in [2.45, 2.75) is 58.2 Å². The molecule has 1 aliphatic rings. The number of rotatable bonds is 5. The van der Waals surface area contributed by atoms with Crippen LogP contribution in [-0.2, 0) is 0 Å². The van der Waals surface area contributed by atoms with Gasteiger partial charge in [0.05, 0.1) is 11.7 Å². The summed E-state index contributed by atoms with van der Waals surface area (Å²) in [6, 6.07) is 5.43. The highest BCUT2D eigenvalue weighted by Gasteiger charge is 2.19. The first-order valence-electron chi connectivity index (χ1n) is 8.60. The van der Waals surface area contributed by atoms with E-state index in [1.54, 1.807) is 12.3 Å². The minimum absolute atomic E-state index is 0.0556. The average molecular weight is 328 g/mol. The van der Waals surface area contributed by atoms with Crippen molar-refractivity contribution in [1.29, 1.82) is 0 Å². The predicted octanol–water partition coefficient (Wildman–Crippen LogP) is 3.83. The molecule has 24 heavy (non-hydrogen) atoms. The maximum atomic E-state index is 11.7. The minimum Gasteiger partial charge on any atom is -0.490 e. The van der Waals surface area contributed by atoms with E-state index in [2.05, 4.69) is 4.98 Å². The Hall–Kier alpha value is -2.30. The Labute approximate surface area is 142 Å². The highest BCUT2D eigenvalue weighted by atomic mass is 16.5. The van der Waals surface area contributed by atoms with Crippen LogP contribution >= 0.6 is 0 Å². The van der Waals surface area contributed by atoms with Gasteiger partial charge in [-0.05, 0) is 63.1 Å². The molecule has 1 aromatic carbocycles. The lowest BCUT2D eigenvalue weighted by molar-refractivity contribution is 0.0994. The van der Waals surface area contributed by atoms with Crippen molar-refractivity contribution in [2.75, 3.05) is 0 Å². The molecule has 1 saturated carbocycles. The Bertz CT molecular complexity index is 737. The lowest BCUT2D eigenvalue weighted by Crippen LogP contribution is -2.20. The Kier molecular flexibility index (Phi) is 4.88. The van der Waals surface area contributed by atoms with Crippen LogP contribution in [0.2, 0.25) is 0 Å². The second kappa shape index (κ2) is 7.07. The van der Waals surface area contributed by atoms with Crippen LogP contribution in [-0.4, -0.2) is 23.1 Å². The number of carbonyl (C=O) groups excluding carboxylic acids is 1. The lowest BCUT2D eigenvalue weighted by Gasteiger charge is -2.23. The van der Waals surface area contributed by atoms with E-state index < -0.39 is 5.91 Å². The molecule has 0 spiro atoms. The Morgan fingerprint density at radius 2 is 2.00 bits per heavy atom. The summed E-state index contributed by atoms with van der Waals surface area (Å²) in [5.74, 6) is 0.578. The summed E-state index contributed by atoms with van der Waals surface area (Å²) in [6.45, 7) is 3.83. The van der Waals surface area contributed by atoms with Crippen molar-refractivity contribution >= 4 is 16.7 Å². The molecule has 0 aliphatic heterocycles. The van der Waals surface area contributed by atoms with Gasteiger partial charge in [-0.25, -0.2) is 4.98 Å². The quantitative estimate of drug-likeness (QED) is 0.905. The summed E-state index contributed by atoms with van der Waals surface area (Å²) < 4.78 is 11.9. The molecule has 1 aliphatic carbocycles. The van der Waals surface area contributed by atoms with E-state index in [4.69, 9.17) is 15.2 Å². The average Bonchev–Trinajstić information content (AvgIpc) is 2.55. The van der Waals surface area contributed by atoms with Gasteiger partial charge in [0.15, 0.2) is 0 Å². The van der Waals surface area contributed by atoms with Gasteiger partial charge in [0.25, 0.3) is 5.91 Å². The predicted molar refractivity (Wildman–Crippen MR) is 93.5 cm³/mol. The third-order valence-electron chi connectivity index (χ3n) is 4.29. The van der Waals surface area contributed by atoms with Crippen LogP contribution in [0.4, 0.5) is 0 Å². The van der Waals surface area contributed by atoms with Crippen molar-refractivity contribution in [3.63, 3.8) is 0 Å². The van der Waals surface area contributed by atoms with Gasteiger partial charge >= 0.3 is 0 Å². The number of aromatic nitrogens is 1. The Balaban J connectivity index is 2.02. The van der Waals surface area contributed by atoms with E-state index in [1.807, 2.05) is 26.0 Å². The molecule has 1 aromatic heterocycles. The number of nitrogens with zero attached hydrogens (tertiary/aromatic N) is 1. The molecule has 5 nitrogen and oxygen atoms in total. The van der Waals surface area contributed by atoms with Gasteiger partial charge in [0.2, 0.25) is 5.88 Å². The standard InChI is InChI=1S/C19H24N2O3/c1-12(2)23-17-11-15-13(10-16(17)18(20)22)8-9-21-19(15)24-14-6-4-3-5-7-14/h8-12,14H,3-7H2,1-2H3,(H2,20,22). The van der Waals surface area contributed by atoms with Crippen LogP contribution in [0.15, 0.2) is 24.4 Å². The summed E-state index contributed by atoms with van der Waals surface area (Å²) in [5, 5.41) is 1.73. The van der Waals surface area contributed by atoms with Crippen LogP contribution in [0.1, 0.15) is 56.3 Å². The third kappa shape index (κ3) is 3.61. The molecular formula is C19H24N2O3. The van der Waals surface area contributed by atoms with Crippen molar-refractivity contribution in [3.05, 3.63) is 30.0 Å². The zero-order chi connectivity index (χ0) is 17.1. The topological polar surface area (TPSA) is 74.4 Å². The van der Waals surface area contributed by atoms with Crippen LogP contribution in [0.5, 0.6) is 11.6 Å². The molecule has 0 bridgehead atoms. The maximum Gasteiger partial charge on any atom is 0.252 e. The summed E-state index contributed by atoms with van der Waals surface area (Å²) in [6.07, 6.45) is 7.65. The second-order valence-electron chi connectivity index (χ2n) is 6.59. The second-order valence-corrected chi connectivity index (χ2v) is 6.59. The fourth-order valence-electron chi connectivity index (χ4n) is 3.15. The van der Waals surface area contributed by atoms with Gasteiger partial charge in [-0.1, -0.05) is 6.42 Å². The number of nitrogens with two attached hydrogens (primary N) is 1. The Morgan fingerprint density at radius 1 is 1.25 bits per heavy atom. The van der Waals surface area contributed by atoms with Crippen LogP contribution in [0.3, 0.4) is 0 Å². The fourth-order valence-corrected chi connectivity index (χ4v) is 3.15. The highest BCUT2D eigenvalue weighted by Crippen LogP contribution is 2.33. The molecule has 0 saturated heterocycles. The van der Waals surface area contributed by atoms with Gasteiger partial charge in [0, 0.05) is 11.6 Å². The molecule has 1 amide bonds. The molecule has 0 radical (unpaired) electrons. The maximum absolute atomic E-state index is 11.7. The van der Waals surface area contributed by atoms with E-state index in [-0.39, 0.29) is 12.2 Å². The largest absolute Gasteiger partial charge is 0.490 e. The SMILES string of the molecule is CC(C)Oc1cc2c(OC3CCCCC3)nccc2cc1C(N)=O. The van der Waals surface area contributed by atoms with Gasteiger partial charge in [0.1, 0.15) is 11.9 Å². The molecule has 0 unspecified atom stereocenters. The van der Waals surface area contributed by atoms with Crippen molar-refractivity contribution in [3.8, 4) is 11.6 Å². The minimum atomic E-state index is -0.501. The van der Waals surface area contributed by atoms with E-state index >= 15 is 0 Å².